The smallest absolute Gasteiger partial charge is 0.238 e. The van der Waals surface area contributed by atoms with Crippen molar-refractivity contribution in [1.82, 2.24) is 5.32 Å². The molecular formula is C19H16Cl2N2O2. The molecule has 1 heterocycles. The maximum Gasteiger partial charge on any atom is 0.238 e. The van der Waals surface area contributed by atoms with Gasteiger partial charge < -0.3 is 9.73 Å². The molecule has 4 nitrogen and oxygen atoms in total. The molecule has 3 aromatic rings. The number of carbonyl (C=O) groups is 1. The van der Waals surface area contributed by atoms with Crippen molar-refractivity contribution >= 4 is 34.8 Å². The van der Waals surface area contributed by atoms with Gasteiger partial charge in [0.05, 0.1) is 34.6 Å². The van der Waals surface area contributed by atoms with Crippen LogP contribution in [-0.2, 0) is 4.79 Å². The zero-order chi connectivity index (χ0) is 17.6. The molecule has 3 rings (SSSR count). The lowest BCUT2D eigenvalue weighted by molar-refractivity contribution is -0.115. The summed E-state index contributed by atoms with van der Waals surface area (Å²) in [7, 11) is 0. The molecule has 2 aromatic carbocycles. The predicted octanol–water partition coefficient (Wildman–Crippen LogP) is 4.90. The van der Waals surface area contributed by atoms with Crippen molar-refractivity contribution in [2.75, 3.05) is 11.9 Å². The molecule has 0 radical (unpaired) electrons. The molecule has 1 atom stereocenters. The van der Waals surface area contributed by atoms with Crippen molar-refractivity contribution in [3.63, 3.8) is 0 Å². The topological polar surface area (TPSA) is 54.3 Å². The SMILES string of the molecule is O=C(CN[C@H](c1ccccc1)c1ccco1)Nc1cccc(Cl)c1Cl. The summed E-state index contributed by atoms with van der Waals surface area (Å²) >= 11 is 12.1. The quantitative estimate of drug-likeness (QED) is 0.644. The van der Waals surface area contributed by atoms with Crippen LogP contribution in [-0.4, -0.2) is 12.5 Å². The van der Waals surface area contributed by atoms with Crippen LogP contribution in [0.2, 0.25) is 10.0 Å². The van der Waals surface area contributed by atoms with Crippen LogP contribution in [0.4, 0.5) is 5.69 Å². The van der Waals surface area contributed by atoms with Crippen LogP contribution in [0.5, 0.6) is 0 Å². The average molecular weight is 375 g/mol. The maximum atomic E-state index is 12.3. The first kappa shape index (κ1) is 17.5. The molecule has 0 unspecified atom stereocenters. The minimum Gasteiger partial charge on any atom is -0.467 e. The molecule has 0 aliphatic heterocycles. The largest absolute Gasteiger partial charge is 0.467 e. The molecule has 0 fully saturated rings. The monoisotopic (exact) mass is 374 g/mol. The van der Waals surface area contributed by atoms with E-state index in [-0.39, 0.29) is 18.5 Å². The summed E-state index contributed by atoms with van der Waals surface area (Å²) in [6, 6.07) is 18.3. The van der Waals surface area contributed by atoms with E-state index in [1.54, 1.807) is 24.5 Å². The van der Waals surface area contributed by atoms with Crippen LogP contribution < -0.4 is 10.6 Å². The Kier molecular flexibility index (Phi) is 5.76. The molecule has 0 spiro atoms. The van der Waals surface area contributed by atoms with E-state index >= 15 is 0 Å². The first-order valence-electron chi connectivity index (χ1n) is 7.71. The third kappa shape index (κ3) is 4.42. The predicted molar refractivity (Wildman–Crippen MR) is 100 cm³/mol. The first-order valence-corrected chi connectivity index (χ1v) is 8.46. The third-order valence-corrected chi connectivity index (χ3v) is 4.47. The highest BCUT2D eigenvalue weighted by Gasteiger charge is 2.18. The maximum absolute atomic E-state index is 12.3. The number of hydrogen-bond acceptors (Lipinski definition) is 3. The van der Waals surface area contributed by atoms with Crippen LogP contribution >= 0.6 is 23.2 Å². The summed E-state index contributed by atoms with van der Waals surface area (Å²) in [6.07, 6.45) is 1.61. The highest BCUT2D eigenvalue weighted by Crippen LogP contribution is 2.29. The van der Waals surface area contributed by atoms with Crippen LogP contribution in [0.15, 0.2) is 71.3 Å². The Labute approximate surface area is 155 Å². The number of amides is 1. The summed E-state index contributed by atoms with van der Waals surface area (Å²) in [5.74, 6) is 0.511. The van der Waals surface area contributed by atoms with Crippen molar-refractivity contribution in [1.29, 1.82) is 0 Å². The second kappa shape index (κ2) is 8.21. The van der Waals surface area contributed by atoms with E-state index in [9.17, 15) is 4.79 Å². The molecule has 0 saturated heterocycles. The summed E-state index contributed by atoms with van der Waals surface area (Å²) in [5.41, 5.74) is 1.49. The van der Waals surface area contributed by atoms with E-state index in [0.29, 0.717) is 15.7 Å². The van der Waals surface area contributed by atoms with E-state index in [1.165, 1.54) is 0 Å². The molecule has 2 N–H and O–H groups in total. The van der Waals surface area contributed by atoms with Crippen LogP contribution in [0.3, 0.4) is 0 Å². The number of rotatable bonds is 6. The number of nitrogens with one attached hydrogen (secondary N) is 2. The van der Waals surface area contributed by atoms with E-state index in [2.05, 4.69) is 10.6 Å². The van der Waals surface area contributed by atoms with Crippen LogP contribution in [0.1, 0.15) is 17.4 Å². The van der Waals surface area contributed by atoms with Crippen molar-refractivity contribution in [2.24, 2.45) is 0 Å². The van der Waals surface area contributed by atoms with Gasteiger partial charge >= 0.3 is 0 Å². The minimum absolute atomic E-state index is 0.0864. The van der Waals surface area contributed by atoms with E-state index in [0.717, 1.165) is 11.3 Å². The molecule has 128 valence electrons. The lowest BCUT2D eigenvalue weighted by Crippen LogP contribution is -2.31. The highest BCUT2D eigenvalue weighted by atomic mass is 35.5. The van der Waals surface area contributed by atoms with Gasteiger partial charge in [-0.3, -0.25) is 10.1 Å². The molecular weight excluding hydrogens is 359 g/mol. The fourth-order valence-corrected chi connectivity index (χ4v) is 2.82. The van der Waals surface area contributed by atoms with Gasteiger partial charge in [-0.1, -0.05) is 59.6 Å². The number of carbonyl (C=O) groups excluding carboxylic acids is 1. The lowest BCUT2D eigenvalue weighted by atomic mass is 10.0. The number of anilines is 1. The fraction of sp³-hybridized carbons (Fsp3) is 0.105. The Morgan fingerprint density at radius 3 is 2.52 bits per heavy atom. The van der Waals surface area contributed by atoms with Gasteiger partial charge in [-0.05, 0) is 29.8 Å². The van der Waals surface area contributed by atoms with Crippen LogP contribution in [0.25, 0.3) is 0 Å². The number of halogens is 2. The van der Waals surface area contributed by atoms with Crippen molar-refractivity contribution in [3.8, 4) is 0 Å². The Balaban J connectivity index is 1.69. The summed E-state index contributed by atoms with van der Waals surface area (Å²) in [4.78, 5) is 12.3. The Hall–Kier alpha value is -2.27. The van der Waals surface area contributed by atoms with Gasteiger partial charge in [-0.15, -0.1) is 0 Å². The van der Waals surface area contributed by atoms with Gasteiger partial charge in [-0.25, -0.2) is 0 Å². The summed E-state index contributed by atoms with van der Waals surface area (Å²) in [5, 5.41) is 6.68. The molecule has 0 aliphatic carbocycles. The highest BCUT2D eigenvalue weighted by molar-refractivity contribution is 6.43. The molecule has 25 heavy (non-hydrogen) atoms. The van der Waals surface area contributed by atoms with Gasteiger partial charge in [0.25, 0.3) is 0 Å². The molecule has 1 amide bonds. The molecule has 0 aliphatic rings. The van der Waals surface area contributed by atoms with Crippen molar-refractivity contribution in [2.45, 2.75) is 6.04 Å². The average Bonchev–Trinajstić information content (AvgIpc) is 3.14. The number of hydrogen-bond donors (Lipinski definition) is 2. The minimum atomic E-state index is -0.225. The van der Waals surface area contributed by atoms with Crippen molar-refractivity contribution in [3.05, 3.63) is 88.3 Å². The van der Waals surface area contributed by atoms with E-state index in [1.807, 2.05) is 42.5 Å². The molecule has 0 bridgehead atoms. The third-order valence-electron chi connectivity index (χ3n) is 3.65. The Morgan fingerprint density at radius 1 is 1.00 bits per heavy atom. The van der Waals surface area contributed by atoms with Crippen LogP contribution in [0, 0.1) is 0 Å². The second-order valence-electron chi connectivity index (χ2n) is 5.39. The molecule has 6 heteroatoms. The standard InChI is InChI=1S/C19H16Cl2N2O2/c20-14-8-4-9-15(18(14)21)23-17(24)12-22-19(16-10-5-11-25-16)13-6-2-1-3-7-13/h1-11,19,22H,12H2,(H,23,24)/t19-/m1/s1. The van der Waals surface area contributed by atoms with E-state index < -0.39 is 0 Å². The fourth-order valence-electron chi connectivity index (χ4n) is 2.47. The molecule has 0 saturated carbocycles. The first-order chi connectivity index (χ1) is 12.1. The van der Waals surface area contributed by atoms with E-state index in [4.69, 9.17) is 27.6 Å². The zero-order valence-corrected chi connectivity index (χ0v) is 14.7. The van der Waals surface area contributed by atoms with Gasteiger partial charge in [0.2, 0.25) is 5.91 Å². The van der Waals surface area contributed by atoms with Gasteiger partial charge in [0.15, 0.2) is 0 Å². The lowest BCUT2D eigenvalue weighted by Gasteiger charge is -2.17. The second-order valence-corrected chi connectivity index (χ2v) is 6.17. The Bertz CT molecular complexity index is 836. The molecule has 1 aromatic heterocycles. The van der Waals surface area contributed by atoms with Gasteiger partial charge in [0.1, 0.15) is 5.76 Å². The number of benzene rings is 2. The summed E-state index contributed by atoms with van der Waals surface area (Å²) in [6.45, 7) is 0.0864. The van der Waals surface area contributed by atoms with Crippen molar-refractivity contribution < 1.29 is 9.21 Å². The Morgan fingerprint density at radius 2 is 1.80 bits per heavy atom. The zero-order valence-electron chi connectivity index (χ0n) is 13.2. The van der Waals surface area contributed by atoms with Gasteiger partial charge in [-0.2, -0.15) is 0 Å². The normalized spacial score (nSPS) is 11.9. The number of furan rings is 1. The summed E-state index contributed by atoms with van der Waals surface area (Å²) < 4.78 is 5.50. The van der Waals surface area contributed by atoms with Gasteiger partial charge in [0, 0.05) is 0 Å².